The van der Waals surface area contributed by atoms with Crippen LogP contribution in [-0.2, 0) is 12.4 Å². The van der Waals surface area contributed by atoms with Gasteiger partial charge in [-0.3, -0.25) is 4.79 Å². The molecule has 2 aromatic rings. The number of halogens is 6. The van der Waals surface area contributed by atoms with Crippen molar-refractivity contribution >= 4 is 38.3 Å². The molecular weight excluding hydrogens is 428 g/mol. The topological polar surface area (TPSA) is 35.5 Å². The summed E-state index contributed by atoms with van der Waals surface area (Å²) in [7, 11) is -1.01. The third-order valence-corrected chi connectivity index (χ3v) is 4.87. The van der Waals surface area contributed by atoms with Crippen LogP contribution in [0.1, 0.15) is 35.3 Å². The molecule has 0 aliphatic rings. The summed E-state index contributed by atoms with van der Waals surface area (Å²) in [6.07, 6.45) is -10.2. The van der Waals surface area contributed by atoms with Crippen LogP contribution in [0.3, 0.4) is 0 Å². The summed E-state index contributed by atoms with van der Waals surface area (Å²) in [5.41, 5.74) is -5.90. The Morgan fingerprint density at radius 3 is 1.90 bits per heavy atom. The van der Waals surface area contributed by atoms with Crippen molar-refractivity contribution in [1.29, 1.82) is 0 Å². The zero-order valence-corrected chi connectivity index (χ0v) is 17.4. The number of alkyl halides is 6. The van der Waals surface area contributed by atoms with Gasteiger partial charge in [0.15, 0.2) is 5.52 Å². The monoisotopic (exact) mass is 445 g/mol. The van der Waals surface area contributed by atoms with Gasteiger partial charge in [-0.05, 0) is 46.7 Å². The molecular formula is C19H17F6LiO3P. The van der Waals surface area contributed by atoms with E-state index in [1.54, 1.807) is 13.8 Å². The van der Waals surface area contributed by atoms with Crippen molar-refractivity contribution in [1.82, 2.24) is 0 Å². The molecule has 30 heavy (non-hydrogen) atoms. The molecule has 0 heterocycles. The van der Waals surface area contributed by atoms with Crippen molar-refractivity contribution in [3.8, 4) is 11.5 Å². The first-order chi connectivity index (χ1) is 13.5. The third-order valence-electron chi connectivity index (χ3n) is 3.71. The summed E-state index contributed by atoms with van der Waals surface area (Å²) in [5.74, 6) is 0.576. The van der Waals surface area contributed by atoms with E-state index in [2.05, 4.69) is 0 Å². The zero-order chi connectivity index (χ0) is 21.8. The summed E-state index contributed by atoms with van der Waals surface area (Å²) >= 11 is 0. The van der Waals surface area contributed by atoms with E-state index < -0.39 is 43.1 Å². The summed E-state index contributed by atoms with van der Waals surface area (Å²) < 4.78 is 90.5. The molecule has 11 heteroatoms. The van der Waals surface area contributed by atoms with E-state index >= 15 is 0 Å². The first-order valence-electron chi connectivity index (χ1n) is 8.47. The van der Waals surface area contributed by atoms with Crippen molar-refractivity contribution in [3.63, 3.8) is 0 Å². The van der Waals surface area contributed by atoms with Crippen LogP contribution in [0.5, 0.6) is 11.5 Å². The van der Waals surface area contributed by atoms with Crippen molar-refractivity contribution in [2.75, 3.05) is 13.2 Å². The van der Waals surface area contributed by atoms with Crippen molar-refractivity contribution in [2.45, 2.75) is 26.2 Å². The number of carbonyl (C=O) groups is 1. The van der Waals surface area contributed by atoms with Crippen LogP contribution < -0.4 is 14.8 Å². The third kappa shape index (κ3) is 6.41. The Labute approximate surface area is 183 Å². The number of benzene rings is 2. The number of rotatable bonds is 7. The minimum atomic E-state index is -5.11. The Kier molecular flexibility index (Phi) is 9.28. The van der Waals surface area contributed by atoms with Gasteiger partial charge in [0.1, 0.15) is 11.5 Å². The molecule has 0 aliphatic carbocycles. The molecule has 2 aromatic carbocycles. The minimum absolute atomic E-state index is 0. The maximum absolute atomic E-state index is 13.3. The van der Waals surface area contributed by atoms with Crippen LogP contribution in [0.2, 0.25) is 0 Å². The van der Waals surface area contributed by atoms with Gasteiger partial charge in [-0.2, -0.15) is 26.3 Å². The molecule has 2 rings (SSSR count). The van der Waals surface area contributed by atoms with E-state index in [0.29, 0.717) is 30.6 Å². The summed E-state index contributed by atoms with van der Waals surface area (Å²) in [4.78, 5) is 12.6. The number of hydrogen-bond acceptors (Lipinski definition) is 3. The molecule has 0 aromatic heterocycles. The van der Waals surface area contributed by atoms with E-state index in [0.717, 1.165) is 0 Å². The van der Waals surface area contributed by atoms with E-state index in [4.69, 9.17) is 9.47 Å². The van der Waals surface area contributed by atoms with Gasteiger partial charge in [-0.1, -0.05) is 6.07 Å². The van der Waals surface area contributed by atoms with E-state index in [-0.39, 0.29) is 36.5 Å². The maximum Gasteiger partial charge on any atom is 0.417 e. The van der Waals surface area contributed by atoms with Gasteiger partial charge < -0.3 is 9.47 Å². The Morgan fingerprint density at radius 2 is 1.43 bits per heavy atom. The molecule has 0 saturated carbocycles. The van der Waals surface area contributed by atoms with Crippen LogP contribution in [0, 0.1) is 0 Å². The number of carbonyl (C=O) groups excluding carboxylic acids is 1. The quantitative estimate of drug-likeness (QED) is 0.330. The molecule has 0 fully saturated rings. The van der Waals surface area contributed by atoms with Crippen LogP contribution in [-0.4, -0.2) is 37.6 Å². The largest absolute Gasteiger partial charge is 0.494 e. The zero-order valence-electron chi connectivity index (χ0n) is 16.4. The van der Waals surface area contributed by atoms with Gasteiger partial charge in [0.05, 0.1) is 24.3 Å². The molecule has 0 bridgehead atoms. The second-order valence-electron chi connectivity index (χ2n) is 5.70. The fourth-order valence-corrected chi connectivity index (χ4v) is 3.66. The molecule has 1 unspecified atom stereocenters. The molecule has 0 aliphatic heterocycles. The fourth-order valence-electron chi connectivity index (χ4n) is 2.59. The van der Waals surface area contributed by atoms with Gasteiger partial charge in [0.2, 0.25) is 0 Å². The van der Waals surface area contributed by atoms with Crippen LogP contribution in [0.25, 0.3) is 0 Å². The molecule has 0 N–H and O–H groups in total. The molecule has 0 spiro atoms. The Balaban J connectivity index is 0.00000450. The van der Waals surface area contributed by atoms with Gasteiger partial charge >= 0.3 is 12.4 Å². The van der Waals surface area contributed by atoms with E-state index in [1.807, 2.05) is 0 Å². The predicted octanol–water partition coefficient (Wildman–Crippen LogP) is 5.29. The van der Waals surface area contributed by atoms with Gasteiger partial charge in [0, 0.05) is 35.8 Å². The summed E-state index contributed by atoms with van der Waals surface area (Å²) in [6, 6.07) is 5.89. The average molecular weight is 445 g/mol. The Hall–Kier alpha value is -1.68. The Morgan fingerprint density at radius 1 is 0.900 bits per heavy atom. The van der Waals surface area contributed by atoms with Gasteiger partial charge in [-0.25, -0.2) is 0 Å². The van der Waals surface area contributed by atoms with Crippen molar-refractivity contribution in [2.24, 2.45) is 0 Å². The van der Waals surface area contributed by atoms with Gasteiger partial charge in [-0.15, -0.1) is 0 Å². The minimum Gasteiger partial charge on any atom is -0.494 e. The average Bonchev–Trinajstić information content (AvgIpc) is 2.62. The van der Waals surface area contributed by atoms with Crippen molar-refractivity contribution in [3.05, 3.63) is 53.1 Å². The molecule has 0 amide bonds. The normalized spacial score (nSPS) is 12.0. The van der Waals surface area contributed by atoms with E-state index in [9.17, 15) is 31.1 Å². The summed E-state index contributed by atoms with van der Waals surface area (Å²) in [5, 5.41) is 0.186. The maximum atomic E-state index is 13.3. The molecule has 1 radical (unpaired) electrons. The molecule has 3 nitrogen and oxygen atoms in total. The van der Waals surface area contributed by atoms with Crippen LogP contribution in [0.15, 0.2) is 36.4 Å². The van der Waals surface area contributed by atoms with Crippen LogP contribution in [0.4, 0.5) is 26.3 Å². The molecule has 1 atom stereocenters. The number of hydrogen-bond donors (Lipinski definition) is 0. The SMILES string of the molecule is CCOc1ccc(PC(=O)c2c(C(F)(F)F)cccc2C(F)(F)F)c(OCC)c1.[Li]. The first kappa shape index (κ1) is 26.4. The fraction of sp³-hybridized carbons (Fsp3) is 0.316. The predicted molar refractivity (Wildman–Crippen MR) is 103 cm³/mol. The van der Waals surface area contributed by atoms with E-state index in [1.165, 1.54) is 18.2 Å². The summed E-state index contributed by atoms with van der Waals surface area (Å²) in [6.45, 7) is 3.93. The second kappa shape index (κ2) is 10.6. The first-order valence-corrected chi connectivity index (χ1v) is 9.47. The smallest absolute Gasteiger partial charge is 0.417 e. The van der Waals surface area contributed by atoms with Gasteiger partial charge in [0.25, 0.3) is 0 Å². The van der Waals surface area contributed by atoms with Crippen molar-refractivity contribution < 1.29 is 40.6 Å². The van der Waals surface area contributed by atoms with Crippen LogP contribution >= 0.6 is 8.58 Å². The second-order valence-corrected chi connectivity index (χ2v) is 6.94. The molecule has 0 saturated heterocycles. The molecule has 159 valence electrons. The Bertz CT molecular complexity index is 851. The number of ether oxygens (including phenoxy) is 2. The standard InChI is InChI=1S/C19H17F6O3P.Li/c1-3-27-11-8-9-15(14(10-11)28-4-2)29-17(26)16-12(18(20,21)22)6-5-7-13(16)19(23,24)25;/h5-10,29H,3-4H2,1-2H3;.